The van der Waals surface area contributed by atoms with Gasteiger partial charge in [-0.25, -0.2) is 8.42 Å². The van der Waals surface area contributed by atoms with Crippen LogP contribution < -0.4 is 10.0 Å². The maximum absolute atomic E-state index is 12.3. The van der Waals surface area contributed by atoms with E-state index in [-0.39, 0.29) is 0 Å². The number of sulfonamides is 1. The fourth-order valence-corrected chi connectivity index (χ4v) is 5.18. The van der Waals surface area contributed by atoms with Gasteiger partial charge >= 0.3 is 0 Å². The summed E-state index contributed by atoms with van der Waals surface area (Å²) >= 11 is 9.15. The summed E-state index contributed by atoms with van der Waals surface area (Å²) in [4.78, 5) is 0.971. The van der Waals surface area contributed by atoms with Crippen molar-refractivity contribution in [3.8, 4) is 0 Å². The fraction of sp³-hybridized carbons (Fsp3) is 0.167. The lowest BCUT2D eigenvalue weighted by molar-refractivity contribution is 0.603. The molecule has 0 unspecified atom stereocenters. The van der Waals surface area contributed by atoms with Crippen molar-refractivity contribution < 1.29 is 8.42 Å². The van der Waals surface area contributed by atoms with Crippen molar-refractivity contribution in [2.75, 3.05) is 11.8 Å². The first-order valence-electron chi connectivity index (χ1n) is 5.63. The first-order chi connectivity index (χ1) is 9.42. The van der Waals surface area contributed by atoms with Crippen LogP contribution in [0.1, 0.15) is 4.88 Å². The average Bonchev–Trinajstić information content (AvgIpc) is 2.83. The molecule has 2 aromatic rings. The monoisotopic (exact) mass is 442 g/mol. The Morgan fingerprint density at radius 1 is 1.30 bits per heavy atom. The summed E-state index contributed by atoms with van der Waals surface area (Å²) in [5.41, 5.74) is 0.526. The van der Waals surface area contributed by atoms with Gasteiger partial charge in [-0.3, -0.25) is 4.72 Å². The van der Waals surface area contributed by atoms with Gasteiger partial charge in [0.1, 0.15) is 4.21 Å². The molecule has 1 aromatic heterocycles. The van der Waals surface area contributed by atoms with E-state index in [1.807, 2.05) is 35.7 Å². The van der Waals surface area contributed by atoms with E-state index in [4.69, 9.17) is 11.6 Å². The molecule has 0 fully saturated rings. The van der Waals surface area contributed by atoms with E-state index < -0.39 is 10.0 Å². The number of anilines is 1. The molecule has 0 radical (unpaired) electrons. The second-order valence-electron chi connectivity index (χ2n) is 3.98. The minimum atomic E-state index is -3.55. The second-order valence-corrected chi connectivity index (χ2v) is 8.66. The van der Waals surface area contributed by atoms with Gasteiger partial charge in [-0.15, -0.1) is 11.3 Å². The second kappa shape index (κ2) is 6.61. The highest BCUT2D eigenvalue weighted by atomic mass is 127. The lowest BCUT2D eigenvalue weighted by Crippen LogP contribution is -2.12. The third-order valence-electron chi connectivity index (χ3n) is 2.43. The van der Waals surface area contributed by atoms with Crippen molar-refractivity contribution in [2.24, 2.45) is 0 Å². The number of rotatable bonds is 5. The quantitative estimate of drug-likeness (QED) is 0.697. The molecule has 4 nitrogen and oxygen atoms in total. The molecular formula is C12H12ClIN2O2S2. The van der Waals surface area contributed by atoms with Crippen LogP contribution in [0.25, 0.3) is 0 Å². The molecule has 0 saturated carbocycles. The summed E-state index contributed by atoms with van der Waals surface area (Å²) in [7, 11) is -1.73. The maximum Gasteiger partial charge on any atom is 0.271 e. The van der Waals surface area contributed by atoms with Crippen molar-refractivity contribution in [3.05, 3.63) is 43.8 Å². The molecule has 2 N–H and O–H groups in total. The molecule has 0 aliphatic rings. The zero-order chi connectivity index (χ0) is 14.8. The number of halogens is 2. The van der Waals surface area contributed by atoms with Crippen LogP contribution in [0.15, 0.2) is 34.5 Å². The number of hydrogen-bond acceptors (Lipinski definition) is 4. The topological polar surface area (TPSA) is 58.2 Å². The zero-order valence-electron chi connectivity index (χ0n) is 10.5. The van der Waals surface area contributed by atoms with Crippen molar-refractivity contribution in [1.82, 2.24) is 5.32 Å². The van der Waals surface area contributed by atoms with E-state index >= 15 is 0 Å². The normalized spacial score (nSPS) is 11.6. The van der Waals surface area contributed by atoms with Crippen LogP contribution in [0.3, 0.4) is 0 Å². The van der Waals surface area contributed by atoms with Crippen LogP contribution in [0.5, 0.6) is 0 Å². The average molecular weight is 443 g/mol. The Balaban J connectivity index is 2.26. The molecule has 8 heteroatoms. The summed E-state index contributed by atoms with van der Waals surface area (Å²) in [6.45, 7) is 0.651. The highest BCUT2D eigenvalue weighted by Crippen LogP contribution is 2.27. The molecule has 20 heavy (non-hydrogen) atoms. The van der Waals surface area contributed by atoms with Crippen LogP contribution >= 0.6 is 45.5 Å². The summed E-state index contributed by atoms with van der Waals surface area (Å²) in [5.74, 6) is 0. The van der Waals surface area contributed by atoms with Gasteiger partial charge in [0.25, 0.3) is 10.0 Å². The summed E-state index contributed by atoms with van der Waals surface area (Å²) in [6, 6.07) is 8.44. The van der Waals surface area contributed by atoms with E-state index in [1.54, 1.807) is 24.3 Å². The lowest BCUT2D eigenvalue weighted by Gasteiger charge is -2.08. The van der Waals surface area contributed by atoms with Crippen molar-refractivity contribution in [3.63, 3.8) is 0 Å². The number of benzene rings is 1. The number of thiophene rings is 1. The van der Waals surface area contributed by atoms with Crippen LogP contribution in [0.2, 0.25) is 5.02 Å². The van der Waals surface area contributed by atoms with Gasteiger partial charge in [0.05, 0.1) is 5.69 Å². The minimum Gasteiger partial charge on any atom is -0.315 e. The highest BCUT2D eigenvalue weighted by Gasteiger charge is 2.18. The van der Waals surface area contributed by atoms with Crippen LogP contribution in [0, 0.1) is 3.57 Å². The molecule has 0 aliphatic heterocycles. The van der Waals surface area contributed by atoms with Crippen LogP contribution in [-0.2, 0) is 16.6 Å². The molecule has 0 bridgehead atoms. The van der Waals surface area contributed by atoms with Gasteiger partial charge in [0.15, 0.2) is 0 Å². The third kappa shape index (κ3) is 3.85. The largest absolute Gasteiger partial charge is 0.315 e. The molecule has 0 amide bonds. The van der Waals surface area contributed by atoms with Gasteiger partial charge < -0.3 is 5.32 Å². The summed E-state index contributed by atoms with van der Waals surface area (Å²) in [5, 5.41) is 3.57. The summed E-state index contributed by atoms with van der Waals surface area (Å²) < 4.78 is 28.2. The van der Waals surface area contributed by atoms with Gasteiger partial charge in [-0.2, -0.15) is 0 Å². The third-order valence-corrected chi connectivity index (χ3v) is 6.50. The first-order valence-corrected chi connectivity index (χ1v) is 9.39. The molecule has 0 aliphatic carbocycles. The Morgan fingerprint density at radius 3 is 2.70 bits per heavy atom. The zero-order valence-corrected chi connectivity index (χ0v) is 15.0. The van der Waals surface area contributed by atoms with Crippen molar-refractivity contribution >= 4 is 61.2 Å². The molecule has 1 heterocycles. The van der Waals surface area contributed by atoms with Crippen LogP contribution in [-0.4, -0.2) is 15.5 Å². The molecular weight excluding hydrogens is 431 g/mol. The van der Waals surface area contributed by atoms with E-state index in [1.165, 1.54) is 11.3 Å². The minimum absolute atomic E-state index is 0.300. The molecule has 1 aromatic carbocycles. The first kappa shape index (κ1) is 16.0. The Kier molecular flexibility index (Phi) is 5.30. The Bertz CT molecular complexity index is 716. The fourth-order valence-electron chi connectivity index (χ4n) is 1.54. The molecule has 108 valence electrons. The van der Waals surface area contributed by atoms with Gasteiger partial charge in [-0.1, -0.05) is 11.6 Å². The predicted molar refractivity (Wildman–Crippen MR) is 92.1 cm³/mol. The van der Waals surface area contributed by atoms with E-state index in [0.717, 1.165) is 8.45 Å². The van der Waals surface area contributed by atoms with Gasteiger partial charge in [0.2, 0.25) is 0 Å². The number of hydrogen-bond donors (Lipinski definition) is 2. The number of nitrogens with one attached hydrogen (secondary N) is 2. The standard InChI is InChI=1S/C12H12ClIN2O2S2/c1-15-7-9-3-5-12(19-9)20(17,18)16-11-4-2-8(13)6-10(11)14/h2-6,15-16H,7H2,1H3. The van der Waals surface area contributed by atoms with Gasteiger partial charge in [-0.05, 0) is 60.0 Å². The van der Waals surface area contributed by atoms with E-state index in [0.29, 0.717) is 21.5 Å². The van der Waals surface area contributed by atoms with E-state index in [2.05, 4.69) is 10.0 Å². The Morgan fingerprint density at radius 2 is 2.05 bits per heavy atom. The maximum atomic E-state index is 12.3. The van der Waals surface area contributed by atoms with Crippen molar-refractivity contribution in [1.29, 1.82) is 0 Å². The smallest absolute Gasteiger partial charge is 0.271 e. The highest BCUT2D eigenvalue weighted by molar-refractivity contribution is 14.1. The SMILES string of the molecule is CNCc1ccc(S(=O)(=O)Nc2ccc(Cl)cc2I)s1. The molecule has 0 saturated heterocycles. The molecule has 0 atom stereocenters. The van der Waals surface area contributed by atoms with Gasteiger partial charge in [0, 0.05) is 20.0 Å². The Labute approximate surface area is 140 Å². The Hall–Kier alpha value is -0.350. The predicted octanol–water partition coefficient (Wildman–Crippen LogP) is 3.53. The summed E-state index contributed by atoms with van der Waals surface area (Å²) in [6.07, 6.45) is 0. The molecule has 2 rings (SSSR count). The lowest BCUT2D eigenvalue weighted by atomic mass is 10.3. The van der Waals surface area contributed by atoms with Crippen molar-refractivity contribution in [2.45, 2.75) is 10.8 Å². The molecule has 0 spiro atoms. The van der Waals surface area contributed by atoms with E-state index in [9.17, 15) is 8.42 Å². The van der Waals surface area contributed by atoms with Crippen LogP contribution in [0.4, 0.5) is 5.69 Å².